The average molecular weight is 253 g/mol. The fraction of sp³-hybridized carbons (Fsp3) is 0.231. The number of rotatable bonds is 4. The van der Waals surface area contributed by atoms with E-state index in [4.69, 9.17) is 11.6 Å². The first-order valence-electron chi connectivity index (χ1n) is 5.20. The molecule has 0 amide bonds. The summed E-state index contributed by atoms with van der Waals surface area (Å²) in [6.45, 7) is 0. The molecule has 1 atom stereocenters. The number of thiophene rings is 1. The molecule has 0 aliphatic heterocycles. The van der Waals surface area contributed by atoms with Gasteiger partial charge in [0.2, 0.25) is 0 Å². The lowest BCUT2D eigenvalue weighted by Gasteiger charge is -2.08. The van der Waals surface area contributed by atoms with E-state index in [1.165, 1.54) is 11.3 Å². The van der Waals surface area contributed by atoms with Gasteiger partial charge in [-0.1, -0.05) is 41.9 Å². The summed E-state index contributed by atoms with van der Waals surface area (Å²) >= 11 is 7.37. The van der Waals surface area contributed by atoms with Crippen molar-refractivity contribution < 1.29 is 5.11 Å². The molecule has 0 saturated heterocycles. The van der Waals surface area contributed by atoms with Gasteiger partial charge in [0.05, 0.1) is 10.4 Å². The lowest BCUT2D eigenvalue weighted by atomic mass is 10.1. The molecule has 2 aromatic rings. The van der Waals surface area contributed by atoms with Gasteiger partial charge >= 0.3 is 0 Å². The van der Waals surface area contributed by atoms with Gasteiger partial charge in [0.25, 0.3) is 0 Å². The first kappa shape index (κ1) is 11.6. The standard InChI is InChI=1S/C13H13ClOS/c14-13-7-6-12(16-13)9-11(15)8-10-4-2-1-3-5-10/h1-7,11,15H,8-9H2. The first-order valence-corrected chi connectivity index (χ1v) is 6.39. The number of aliphatic hydroxyl groups excluding tert-OH is 1. The van der Waals surface area contributed by atoms with E-state index in [2.05, 4.69) is 0 Å². The third kappa shape index (κ3) is 3.34. The van der Waals surface area contributed by atoms with Crippen LogP contribution in [-0.2, 0) is 12.8 Å². The molecule has 0 radical (unpaired) electrons. The van der Waals surface area contributed by atoms with Gasteiger partial charge in [-0.25, -0.2) is 0 Å². The Hall–Kier alpha value is -0.830. The molecule has 1 heterocycles. The highest BCUT2D eigenvalue weighted by Crippen LogP contribution is 2.23. The van der Waals surface area contributed by atoms with E-state index in [-0.39, 0.29) is 6.10 Å². The zero-order valence-corrected chi connectivity index (χ0v) is 10.3. The highest BCUT2D eigenvalue weighted by Gasteiger charge is 2.08. The van der Waals surface area contributed by atoms with Gasteiger partial charge in [-0.05, 0) is 24.1 Å². The van der Waals surface area contributed by atoms with Crippen molar-refractivity contribution in [1.82, 2.24) is 0 Å². The van der Waals surface area contributed by atoms with Gasteiger partial charge in [-0.3, -0.25) is 0 Å². The topological polar surface area (TPSA) is 20.2 Å². The highest BCUT2D eigenvalue weighted by molar-refractivity contribution is 7.16. The van der Waals surface area contributed by atoms with Crippen LogP contribution in [0.5, 0.6) is 0 Å². The number of aliphatic hydroxyl groups is 1. The fourth-order valence-corrected chi connectivity index (χ4v) is 2.81. The molecule has 0 aliphatic carbocycles. The number of benzene rings is 1. The highest BCUT2D eigenvalue weighted by atomic mass is 35.5. The van der Waals surface area contributed by atoms with Gasteiger partial charge in [0.1, 0.15) is 0 Å². The maximum absolute atomic E-state index is 9.93. The van der Waals surface area contributed by atoms with Crippen molar-refractivity contribution in [1.29, 1.82) is 0 Å². The van der Waals surface area contributed by atoms with E-state index in [1.807, 2.05) is 42.5 Å². The average Bonchev–Trinajstić information content (AvgIpc) is 2.65. The van der Waals surface area contributed by atoms with Crippen LogP contribution in [-0.4, -0.2) is 11.2 Å². The largest absolute Gasteiger partial charge is 0.392 e. The van der Waals surface area contributed by atoms with Crippen LogP contribution >= 0.6 is 22.9 Å². The van der Waals surface area contributed by atoms with Crippen LogP contribution in [0.3, 0.4) is 0 Å². The summed E-state index contributed by atoms with van der Waals surface area (Å²) in [7, 11) is 0. The quantitative estimate of drug-likeness (QED) is 0.882. The second kappa shape index (κ2) is 5.48. The predicted molar refractivity (Wildman–Crippen MR) is 69.2 cm³/mol. The van der Waals surface area contributed by atoms with Crippen molar-refractivity contribution in [3.8, 4) is 0 Å². The maximum atomic E-state index is 9.93. The molecule has 0 bridgehead atoms. The maximum Gasteiger partial charge on any atom is 0.0931 e. The number of halogens is 1. The van der Waals surface area contributed by atoms with Crippen molar-refractivity contribution in [2.75, 3.05) is 0 Å². The van der Waals surface area contributed by atoms with Crippen LogP contribution < -0.4 is 0 Å². The molecular formula is C13H13ClOS. The van der Waals surface area contributed by atoms with Crippen LogP contribution in [0, 0.1) is 0 Å². The Balaban J connectivity index is 1.92. The summed E-state index contributed by atoms with van der Waals surface area (Å²) in [6.07, 6.45) is 1.03. The molecule has 0 aliphatic rings. The van der Waals surface area contributed by atoms with Crippen molar-refractivity contribution >= 4 is 22.9 Å². The molecule has 0 spiro atoms. The van der Waals surface area contributed by atoms with Gasteiger partial charge in [0, 0.05) is 11.3 Å². The summed E-state index contributed by atoms with van der Waals surface area (Å²) in [6, 6.07) is 13.9. The molecular weight excluding hydrogens is 240 g/mol. The molecule has 2 rings (SSSR count). The normalized spacial score (nSPS) is 12.6. The van der Waals surface area contributed by atoms with E-state index in [1.54, 1.807) is 0 Å². The van der Waals surface area contributed by atoms with E-state index in [0.717, 1.165) is 14.8 Å². The molecule has 0 saturated carbocycles. The Bertz CT molecular complexity index is 438. The lowest BCUT2D eigenvalue weighted by Crippen LogP contribution is -2.12. The number of hydrogen-bond donors (Lipinski definition) is 1. The molecule has 1 unspecified atom stereocenters. The third-order valence-corrected chi connectivity index (χ3v) is 3.63. The summed E-state index contributed by atoms with van der Waals surface area (Å²) in [4.78, 5) is 1.13. The van der Waals surface area contributed by atoms with Crippen LogP contribution in [0.25, 0.3) is 0 Å². The molecule has 3 heteroatoms. The fourth-order valence-electron chi connectivity index (χ4n) is 1.65. The van der Waals surface area contributed by atoms with Gasteiger partial charge in [0.15, 0.2) is 0 Å². The van der Waals surface area contributed by atoms with Crippen molar-refractivity contribution in [2.45, 2.75) is 18.9 Å². The molecule has 1 N–H and O–H groups in total. The SMILES string of the molecule is OC(Cc1ccccc1)Cc1ccc(Cl)s1. The van der Waals surface area contributed by atoms with E-state index in [9.17, 15) is 5.11 Å². The Morgan fingerprint density at radius 2 is 1.81 bits per heavy atom. The smallest absolute Gasteiger partial charge is 0.0931 e. The zero-order chi connectivity index (χ0) is 11.4. The predicted octanol–water partition coefficient (Wildman–Crippen LogP) is 3.55. The van der Waals surface area contributed by atoms with Crippen LogP contribution in [0.4, 0.5) is 0 Å². The Kier molecular flexibility index (Phi) is 3.99. The minimum atomic E-state index is -0.336. The van der Waals surface area contributed by atoms with Crippen LogP contribution in [0.2, 0.25) is 4.34 Å². The monoisotopic (exact) mass is 252 g/mol. The third-order valence-electron chi connectivity index (χ3n) is 2.38. The summed E-state index contributed by atoms with van der Waals surface area (Å²) in [5, 5.41) is 9.93. The molecule has 1 aromatic heterocycles. The Morgan fingerprint density at radius 3 is 2.44 bits per heavy atom. The second-order valence-electron chi connectivity index (χ2n) is 3.75. The minimum Gasteiger partial charge on any atom is -0.392 e. The van der Waals surface area contributed by atoms with Crippen molar-refractivity contribution in [3.05, 3.63) is 57.2 Å². The molecule has 0 fully saturated rings. The molecule has 16 heavy (non-hydrogen) atoms. The van der Waals surface area contributed by atoms with Gasteiger partial charge < -0.3 is 5.11 Å². The van der Waals surface area contributed by atoms with Crippen LogP contribution in [0.15, 0.2) is 42.5 Å². The first-order chi connectivity index (χ1) is 7.74. The van der Waals surface area contributed by atoms with Gasteiger partial charge in [-0.2, -0.15) is 0 Å². The van der Waals surface area contributed by atoms with Crippen LogP contribution in [0.1, 0.15) is 10.4 Å². The Labute approximate surface area is 104 Å². The lowest BCUT2D eigenvalue weighted by molar-refractivity contribution is 0.176. The summed E-state index contributed by atoms with van der Waals surface area (Å²) in [5.74, 6) is 0. The molecule has 1 nitrogen and oxygen atoms in total. The zero-order valence-electron chi connectivity index (χ0n) is 8.77. The van der Waals surface area contributed by atoms with Crippen molar-refractivity contribution in [3.63, 3.8) is 0 Å². The molecule has 84 valence electrons. The second-order valence-corrected chi connectivity index (χ2v) is 5.55. The summed E-state index contributed by atoms with van der Waals surface area (Å²) in [5.41, 5.74) is 1.16. The summed E-state index contributed by atoms with van der Waals surface area (Å²) < 4.78 is 0.780. The minimum absolute atomic E-state index is 0.336. The van der Waals surface area contributed by atoms with E-state index < -0.39 is 0 Å². The van der Waals surface area contributed by atoms with E-state index in [0.29, 0.717) is 12.8 Å². The van der Waals surface area contributed by atoms with Crippen molar-refractivity contribution in [2.24, 2.45) is 0 Å². The number of hydrogen-bond acceptors (Lipinski definition) is 2. The van der Waals surface area contributed by atoms with E-state index >= 15 is 0 Å². The van der Waals surface area contributed by atoms with Gasteiger partial charge in [-0.15, -0.1) is 11.3 Å². The molecule has 1 aromatic carbocycles. The Morgan fingerprint density at radius 1 is 1.06 bits per heavy atom.